The van der Waals surface area contributed by atoms with Gasteiger partial charge < -0.3 is 24.4 Å². The lowest BCUT2D eigenvalue weighted by Crippen LogP contribution is -2.40. The Bertz CT molecular complexity index is 1050. The molecule has 1 aliphatic rings. The molecule has 0 radical (unpaired) electrons. The van der Waals surface area contributed by atoms with Crippen molar-refractivity contribution >= 4 is 17.3 Å². The van der Waals surface area contributed by atoms with E-state index in [1.165, 1.54) is 5.56 Å². The zero-order chi connectivity index (χ0) is 21.8. The highest BCUT2D eigenvalue weighted by molar-refractivity contribution is 6.05. The summed E-state index contributed by atoms with van der Waals surface area (Å²) in [7, 11) is 3.15. The third-order valence-electron chi connectivity index (χ3n) is 5.35. The fourth-order valence-corrected chi connectivity index (χ4v) is 3.65. The smallest absolute Gasteiger partial charge is 0.255 e. The van der Waals surface area contributed by atoms with Crippen molar-refractivity contribution in [1.82, 2.24) is 0 Å². The molecule has 31 heavy (non-hydrogen) atoms. The van der Waals surface area contributed by atoms with Crippen molar-refractivity contribution in [2.75, 3.05) is 31.0 Å². The monoisotopic (exact) mass is 418 g/mol. The molecular weight excluding hydrogens is 392 g/mol. The molecule has 1 unspecified atom stereocenters. The summed E-state index contributed by atoms with van der Waals surface area (Å²) < 4.78 is 16.5. The van der Waals surface area contributed by atoms with Crippen molar-refractivity contribution < 1.29 is 19.0 Å². The maximum atomic E-state index is 13.0. The van der Waals surface area contributed by atoms with Crippen LogP contribution in [0.1, 0.15) is 22.8 Å². The number of anilines is 2. The van der Waals surface area contributed by atoms with Crippen LogP contribution in [0.15, 0.2) is 66.7 Å². The van der Waals surface area contributed by atoms with Gasteiger partial charge in [-0.3, -0.25) is 4.79 Å². The summed E-state index contributed by atoms with van der Waals surface area (Å²) in [6, 6.07) is 21.3. The van der Waals surface area contributed by atoms with Gasteiger partial charge in [-0.25, -0.2) is 0 Å². The first kappa shape index (κ1) is 20.6. The van der Waals surface area contributed by atoms with E-state index in [1.807, 2.05) is 30.3 Å². The zero-order valence-electron chi connectivity index (χ0n) is 17.9. The van der Waals surface area contributed by atoms with Crippen LogP contribution in [0.3, 0.4) is 0 Å². The molecule has 6 heteroatoms. The van der Waals surface area contributed by atoms with E-state index in [4.69, 9.17) is 14.2 Å². The van der Waals surface area contributed by atoms with Crippen molar-refractivity contribution in [3.8, 4) is 17.2 Å². The molecular formula is C25H26N2O4. The van der Waals surface area contributed by atoms with E-state index < -0.39 is 0 Å². The molecule has 4 rings (SSSR count). The van der Waals surface area contributed by atoms with Gasteiger partial charge in [0.05, 0.1) is 25.9 Å². The van der Waals surface area contributed by atoms with Gasteiger partial charge in [-0.2, -0.15) is 0 Å². The Kier molecular flexibility index (Phi) is 5.98. The Morgan fingerprint density at radius 3 is 2.42 bits per heavy atom. The highest BCUT2D eigenvalue weighted by atomic mass is 16.5. The van der Waals surface area contributed by atoms with Crippen LogP contribution in [-0.4, -0.2) is 32.8 Å². The zero-order valence-corrected chi connectivity index (χ0v) is 17.9. The lowest BCUT2D eigenvalue weighted by molar-refractivity contribution is 0.102. The molecule has 1 amide bonds. The van der Waals surface area contributed by atoms with E-state index in [0.29, 0.717) is 29.4 Å². The minimum Gasteiger partial charge on any atom is -0.497 e. The van der Waals surface area contributed by atoms with Crippen LogP contribution >= 0.6 is 0 Å². The summed E-state index contributed by atoms with van der Waals surface area (Å²) in [5.74, 6) is 1.79. The average molecular weight is 418 g/mol. The van der Waals surface area contributed by atoms with Crippen molar-refractivity contribution in [1.29, 1.82) is 0 Å². The molecule has 0 aliphatic carbocycles. The number of amides is 1. The molecule has 1 N–H and O–H groups in total. The van der Waals surface area contributed by atoms with E-state index in [0.717, 1.165) is 18.0 Å². The summed E-state index contributed by atoms with van der Waals surface area (Å²) in [6.07, 6.45) is 0. The molecule has 6 nitrogen and oxygen atoms in total. The van der Waals surface area contributed by atoms with Crippen molar-refractivity contribution in [2.45, 2.75) is 19.5 Å². The predicted octanol–water partition coefficient (Wildman–Crippen LogP) is 4.74. The van der Waals surface area contributed by atoms with Crippen LogP contribution in [0.4, 0.5) is 11.4 Å². The van der Waals surface area contributed by atoms with Crippen LogP contribution in [0.5, 0.6) is 17.2 Å². The molecule has 3 aromatic carbocycles. The topological polar surface area (TPSA) is 60.0 Å². The first-order chi connectivity index (χ1) is 15.1. The van der Waals surface area contributed by atoms with Crippen LogP contribution in [0.2, 0.25) is 0 Å². The molecule has 0 bridgehead atoms. The number of benzene rings is 3. The van der Waals surface area contributed by atoms with Gasteiger partial charge in [0, 0.05) is 36.0 Å². The van der Waals surface area contributed by atoms with Gasteiger partial charge in [0.2, 0.25) is 0 Å². The SMILES string of the molecule is COc1cc(NC(=O)c2ccc3c(c2)N(Cc2ccccc2)C(C)CO3)cc(OC)c1. The summed E-state index contributed by atoms with van der Waals surface area (Å²) in [6.45, 7) is 3.48. The fourth-order valence-electron chi connectivity index (χ4n) is 3.65. The second kappa shape index (κ2) is 9.00. The number of ether oxygens (including phenoxy) is 3. The third-order valence-corrected chi connectivity index (χ3v) is 5.35. The summed E-state index contributed by atoms with van der Waals surface area (Å²) in [5, 5.41) is 2.93. The molecule has 1 atom stereocenters. The second-order valence-electron chi connectivity index (χ2n) is 7.51. The number of hydrogen-bond acceptors (Lipinski definition) is 5. The van der Waals surface area contributed by atoms with E-state index in [-0.39, 0.29) is 11.9 Å². The Morgan fingerprint density at radius 1 is 1.03 bits per heavy atom. The minimum absolute atomic E-state index is 0.189. The minimum atomic E-state index is -0.212. The highest BCUT2D eigenvalue weighted by Gasteiger charge is 2.25. The summed E-state index contributed by atoms with van der Waals surface area (Å²) in [4.78, 5) is 15.3. The molecule has 0 saturated carbocycles. The van der Waals surface area contributed by atoms with Gasteiger partial charge in [-0.05, 0) is 30.7 Å². The van der Waals surface area contributed by atoms with Gasteiger partial charge in [-0.15, -0.1) is 0 Å². The third kappa shape index (κ3) is 4.58. The summed E-state index contributed by atoms with van der Waals surface area (Å²) >= 11 is 0. The molecule has 0 aromatic heterocycles. The van der Waals surface area contributed by atoms with E-state index in [9.17, 15) is 4.79 Å². The van der Waals surface area contributed by atoms with E-state index in [1.54, 1.807) is 38.5 Å². The Labute approximate surface area is 182 Å². The van der Waals surface area contributed by atoms with Gasteiger partial charge in [0.25, 0.3) is 5.91 Å². The first-order valence-corrected chi connectivity index (χ1v) is 10.2. The molecule has 0 spiro atoms. The molecule has 0 saturated heterocycles. The summed E-state index contributed by atoms with van der Waals surface area (Å²) in [5.41, 5.74) is 3.28. The Balaban J connectivity index is 1.60. The molecule has 1 heterocycles. The van der Waals surface area contributed by atoms with Gasteiger partial charge in [0.15, 0.2) is 0 Å². The van der Waals surface area contributed by atoms with Crippen LogP contribution in [-0.2, 0) is 6.54 Å². The molecule has 3 aromatic rings. The van der Waals surface area contributed by atoms with Gasteiger partial charge in [0.1, 0.15) is 23.9 Å². The number of fused-ring (bicyclic) bond motifs is 1. The Hall–Kier alpha value is -3.67. The van der Waals surface area contributed by atoms with Gasteiger partial charge >= 0.3 is 0 Å². The quantitative estimate of drug-likeness (QED) is 0.626. The molecule has 160 valence electrons. The maximum Gasteiger partial charge on any atom is 0.255 e. The van der Waals surface area contributed by atoms with Crippen molar-refractivity contribution in [2.24, 2.45) is 0 Å². The highest BCUT2D eigenvalue weighted by Crippen LogP contribution is 2.36. The van der Waals surface area contributed by atoms with Crippen LogP contribution in [0.25, 0.3) is 0 Å². The standard InChI is InChI=1S/C25H26N2O4/c1-17-16-31-24-10-9-19(11-23(24)27(17)15-18-7-5-4-6-8-18)25(28)26-20-12-21(29-2)14-22(13-20)30-3/h4-14,17H,15-16H2,1-3H3,(H,26,28). The van der Waals surface area contributed by atoms with E-state index >= 15 is 0 Å². The Morgan fingerprint density at radius 2 is 1.74 bits per heavy atom. The number of carbonyl (C=O) groups is 1. The predicted molar refractivity (Wildman–Crippen MR) is 122 cm³/mol. The second-order valence-corrected chi connectivity index (χ2v) is 7.51. The van der Waals surface area contributed by atoms with E-state index in [2.05, 4.69) is 29.3 Å². The number of hydrogen-bond donors (Lipinski definition) is 1. The normalized spacial score (nSPS) is 14.9. The number of carbonyl (C=O) groups excluding carboxylic acids is 1. The number of methoxy groups -OCH3 is 2. The van der Waals surface area contributed by atoms with Crippen molar-refractivity contribution in [3.63, 3.8) is 0 Å². The molecule has 0 fully saturated rings. The lowest BCUT2D eigenvalue weighted by atomic mass is 10.1. The lowest BCUT2D eigenvalue weighted by Gasteiger charge is -2.37. The largest absolute Gasteiger partial charge is 0.497 e. The fraction of sp³-hybridized carbons (Fsp3) is 0.240. The number of rotatable bonds is 6. The van der Waals surface area contributed by atoms with Crippen LogP contribution < -0.4 is 24.4 Å². The van der Waals surface area contributed by atoms with Crippen LogP contribution in [0, 0.1) is 0 Å². The number of nitrogens with zero attached hydrogens (tertiary/aromatic N) is 1. The molecule has 1 aliphatic heterocycles. The van der Waals surface area contributed by atoms with Gasteiger partial charge in [-0.1, -0.05) is 30.3 Å². The van der Waals surface area contributed by atoms with Crippen molar-refractivity contribution in [3.05, 3.63) is 77.9 Å². The average Bonchev–Trinajstić information content (AvgIpc) is 2.81. The number of nitrogens with one attached hydrogen (secondary N) is 1. The first-order valence-electron chi connectivity index (χ1n) is 10.2. The maximum absolute atomic E-state index is 13.0.